The molecule has 1 amide bonds. The van der Waals surface area contributed by atoms with Gasteiger partial charge >= 0.3 is 0 Å². The van der Waals surface area contributed by atoms with Crippen molar-refractivity contribution in [1.82, 2.24) is 10.2 Å². The lowest BCUT2D eigenvalue weighted by Crippen LogP contribution is -2.48. The number of ether oxygens (including phenoxy) is 1. The lowest BCUT2D eigenvalue weighted by molar-refractivity contribution is -0.130. The molecule has 0 radical (unpaired) electrons. The Balaban J connectivity index is 1.49. The molecular formula is C18H28FN3O2. The first-order chi connectivity index (χ1) is 11.4. The van der Waals surface area contributed by atoms with E-state index in [1.54, 1.807) is 0 Å². The third-order valence-electron chi connectivity index (χ3n) is 6.01. The van der Waals surface area contributed by atoms with Crippen molar-refractivity contribution in [2.24, 2.45) is 11.8 Å². The maximum absolute atomic E-state index is 13.5. The van der Waals surface area contributed by atoms with E-state index in [4.69, 9.17) is 10.00 Å². The fourth-order valence-corrected chi connectivity index (χ4v) is 4.99. The van der Waals surface area contributed by atoms with Gasteiger partial charge in [0.15, 0.2) is 0 Å². The van der Waals surface area contributed by atoms with E-state index in [1.807, 2.05) is 13.0 Å². The molecule has 1 aliphatic heterocycles. The summed E-state index contributed by atoms with van der Waals surface area (Å²) in [6.07, 6.45) is 3.83. The SMILES string of the molecule is CCOC1CC2CC(C)(NCC(=O)N3CC(F)CC3C#N)CC2C1. The smallest absolute Gasteiger partial charge is 0.237 e. The lowest BCUT2D eigenvalue weighted by atomic mass is 9.95. The normalized spacial score (nSPS) is 41.4. The van der Waals surface area contributed by atoms with Crippen LogP contribution in [0, 0.1) is 23.2 Å². The van der Waals surface area contributed by atoms with E-state index in [0.29, 0.717) is 17.9 Å². The summed E-state index contributed by atoms with van der Waals surface area (Å²) >= 11 is 0. The Bertz CT molecular complexity index is 507. The fraction of sp³-hybridized carbons (Fsp3) is 0.889. The first-order valence-electron chi connectivity index (χ1n) is 9.14. The van der Waals surface area contributed by atoms with Crippen molar-refractivity contribution in [2.75, 3.05) is 19.7 Å². The van der Waals surface area contributed by atoms with Crippen molar-refractivity contribution in [3.63, 3.8) is 0 Å². The molecule has 3 rings (SSSR count). The van der Waals surface area contributed by atoms with Gasteiger partial charge in [0.25, 0.3) is 0 Å². The van der Waals surface area contributed by atoms with Crippen molar-refractivity contribution >= 4 is 5.91 Å². The number of likely N-dealkylation sites (tertiary alicyclic amines) is 1. The second-order valence-electron chi connectivity index (χ2n) is 7.92. The number of nitrogens with one attached hydrogen (secondary N) is 1. The van der Waals surface area contributed by atoms with E-state index in [9.17, 15) is 9.18 Å². The van der Waals surface area contributed by atoms with E-state index in [0.717, 1.165) is 32.3 Å². The number of hydrogen-bond donors (Lipinski definition) is 1. The maximum atomic E-state index is 13.5. The Labute approximate surface area is 143 Å². The molecule has 2 saturated carbocycles. The Kier molecular flexibility index (Phi) is 5.12. The summed E-state index contributed by atoms with van der Waals surface area (Å²) in [5.74, 6) is 1.18. The summed E-state index contributed by atoms with van der Waals surface area (Å²) in [5, 5.41) is 12.5. The fourth-order valence-electron chi connectivity index (χ4n) is 4.99. The van der Waals surface area contributed by atoms with Gasteiger partial charge in [-0.05, 0) is 51.4 Å². The highest BCUT2D eigenvalue weighted by Crippen LogP contribution is 2.49. The number of nitriles is 1. The van der Waals surface area contributed by atoms with Crippen molar-refractivity contribution < 1.29 is 13.9 Å². The van der Waals surface area contributed by atoms with E-state index >= 15 is 0 Å². The molecule has 5 nitrogen and oxygen atoms in total. The molecule has 24 heavy (non-hydrogen) atoms. The average Bonchev–Trinajstić information content (AvgIpc) is 3.16. The molecule has 3 aliphatic rings. The third-order valence-corrected chi connectivity index (χ3v) is 6.01. The van der Waals surface area contributed by atoms with E-state index in [1.165, 1.54) is 4.90 Å². The predicted molar refractivity (Wildman–Crippen MR) is 87.9 cm³/mol. The van der Waals surface area contributed by atoms with Gasteiger partial charge in [-0.15, -0.1) is 0 Å². The number of carbonyl (C=O) groups is 1. The van der Waals surface area contributed by atoms with Crippen LogP contribution in [0.25, 0.3) is 0 Å². The van der Waals surface area contributed by atoms with Gasteiger partial charge in [0.05, 0.1) is 25.3 Å². The zero-order valence-electron chi connectivity index (χ0n) is 14.6. The molecule has 4 unspecified atom stereocenters. The van der Waals surface area contributed by atoms with Crippen LogP contribution in [0.4, 0.5) is 4.39 Å². The first kappa shape index (κ1) is 17.6. The number of amides is 1. The molecule has 0 aromatic carbocycles. The molecule has 134 valence electrons. The van der Waals surface area contributed by atoms with Crippen LogP contribution < -0.4 is 5.32 Å². The first-order valence-corrected chi connectivity index (χ1v) is 9.14. The Morgan fingerprint density at radius 2 is 2.04 bits per heavy atom. The van der Waals surface area contributed by atoms with Crippen LogP contribution in [0.1, 0.15) is 46.0 Å². The zero-order chi connectivity index (χ0) is 17.3. The summed E-state index contributed by atoms with van der Waals surface area (Å²) in [6.45, 7) is 5.24. The van der Waals surface area contributed by atoms with E-state index in [2.05, 4.69) is 12.2 Å². The third kappa shape index (κ3) is 3.57. The minimum Gasteiger partial charge on any atom is -0.378 e. The molecule has 3 fully saturated rings. The largest absolute Gasteiger partial charge is 0.378 e. The van der Waals surface area contributed by atoms with Crippen LogP contribution >= 0.6 is 0 Å². The summed E-state index contributed by atoms with van der Waals surface area (Å²) in [4.78, 5) is 13.8. The quantitative estimate of drug-likeness (QED) is 0.833. The molecule has 0 aromatic heterocycles. The molecule has 1 saturated heterocycles. The van der Waals surface area contributed by atoms with E-state index < -0.39 is 12.2 Å². The molecule has 1 N–H and O–H groups in total. The molecule has 2 aliphatic carbocycles. The van der Waals surface area contributed by atoms with Crippen LogP contribution in [-0.4, -0.2) is 54.4 Å². The number of rotatable bonds is 5. The van der Waals surface area contributed by atoms with Crippen LogP contribution in [0.3, 0.4) is 0 Å². The number of halogens is 1. The second kappa shape index (κ2) is 6.97. The molecule has 0 aromatic rings. The molecule has 0 bridgehead atoms. The number of nitrogens with zero attached hydrogens (tertiary/aromatic N) is 2. The van der Waals surface area contributed by atoms with Gasteiger partial charge in [0, 0.05) is 18.6 Å². The highest BCUT2D eigenvalue weighted by atomic mass is 19.1. The molecule has 1 heterocycles. The summed E-state index contributed by atoms with van der Waals surface area (Å²) in [7, 11) is 0. The number of hydrogen-bond acceptors (Lipinski definition) is 4. The lowest BCUT2D eigenvalue weighted by Gasteiger charge is -2.29. The highest BCUT2D eigenvalue weighted by Gasteiger charge is 2.47. The van der Waals surface area contributed by atoms with Crippen molar-refractivity contribution in [3.05, 3.63) is 0 Å². The number of fused-ring (bicyclic) bond motifs is 1. The predicted octanol–water partition coefficient (Wildman–Crippen LogP) is 2.02. The van der Waals surface area contributed by atoms with Gasteiger partial charge in [0.2, 0.25) is 5.91 Å². The van der Waals surface area contributed by atoms with E-state index in [-0.39, 0.29) is 31.0 Å². The molecule has 4 atom stereocenters. The van der Waals surface area contributed by atoms with Crippen molar-refractivity contribution in [2.45, 2.75) is 69.8 Å². The summed E-state index contributed by atoms with van der Waals surface area (Å²) < 4.78 is 19.2. The van der Waals surface area contributed by atoms with Crippen molar-refractivity contribution in [1.29, 1.82) is 5.26 Å². The Morgan fingerprint density at radius 3 is 2.62 bits per heavy atom. The van der Waals surface area contributed by atoms with Gasteiger partial charge in [-0.1, -0.05) is 0 Å². The minimum absolute atomic E-state index is 0.0425. The van der Waals surface area contributed by atoms with Crippen LogP contribution in [0.2, 0.25) is 0 Å². The number of carbonyl (C=O) groups excluding carboxylic acids is 1. The van der Waals surface area contributed by atoms with Crippen LogP contribution in [-0.2, 0) is 9.53 Å². The van der Waals surface area contributed by atoms with Gasteiger partial charge in [0.1, 0.15) is 12.2 Å². The zero-order valence-corrected chi connectivity index (χ0v) is 14.6. The standard InChI is InChI=1S/C18H28FN3O2/c1-3-24-16-4-12-7-18(2,8-13(12)5-16)21-10-17(23)22-11-14(19)6-15(22)9-20/h12-16,21H,3-8,10-11H2,1-2H3. The van der Waals surface area contributed by atoms with Crippen molar-refractivity contribution in [3.8, 4) is 6.07 Å². The summed E-state index contributed by atoms with van der Waals surface area (Å²) in [6, 6.07) is 1.42. The second-order valence-corrected chi connectivity index (χ2v) is 7.92. The average molecular weight is 337 g/mol. The van der Waals surface area contributed by atoms with Crippen LogP contribution in [0.5, 0.6) is 0 Å². The molecule has 0 spiro atoms. The van der Waals surface area contributed by atoms with Gasteiger partial charge in [-0.3, -0.25) is 4.79 Å². The monoisotopic (exact) mass is 337 g/mol. The van der Waals surface area contributed by atoms with Gasteiger partial charge < -0.3 is 15.0 Å². The molecule has 6 heteroatoms. The number of alkyl halides is 1. The maximum Gasteiger partial charge on any atom is 0.237 e. The Hall–Kier alpha value is -1.19. The topological polar surface area (TPSA) is 65.4 Å². The molecular weight excluding hydrogens is 309 g/mol. The Morgan fingerprint density at radius 1 is 1.38 bits per heavy atom. The highest BCUT2D eigenvalue weighted by molar-refractivity contribution is 5.79. The van der Waals surface area contributed by atoms with Crippen LogP contribution in [0.15, 0.2) is 0 Å². The van der Waals surface area contributed by atoms with Gasteiger partial charge in [-0.25, -0.2) is 4.39 Å². The van der Waals surface area contributed by atoms with Gasteiger partial charge in [-0.2, -0.15) is 5.26 Å². The minimum atomic E-state index is -1.07. The summed E-state index contributed by atoms with van der Waals surface area (Å²) in [5.41, 5.74) is -0.0425.